The first-order chi connectivity index (χ1) is 18.5. The molecule has 1 aromatic heterocycles. The number of hydrogen-bond acceptors (Lipinski definition) is 7. The van der Waals surface area contributed by atoms with Crippen LogP contribution in [-0.2, 0) is 0 Å². The number of hydrogen-bond donors (Lipinski definition) is 3. The molecule has 1 aliphatic heterocycles. The van der Waals surface area contributed by atoms with Crippen molar-refractivity contribution < 1.29 is 19.4 Å². The van der Waals surface area contributed by atoms with Gasteiger partial charge in [-0.2, -0.15) is 5.26 Å². The Morgan fingerprint density at radius 2 is 2.00 bits per heavy atom. The van der Waals surface area contributed by atoms with Gasteiger partial charge in [0.1, 0.15) is 36.0 Å². The average molecular weight is 536 g/mol. The van der Waals surface area contributed by atoms with Gasteiger partial charge in [-0.1, -0.05) is 18.0 Å². The second kappa shape index (κ2) is 11.9. The van der Waals surface area contributed by atoms with Gasteiger partial charge in [0.2, 0.25) is 0 Å². The van der Waals surface area contributed by atoms with Crippen molar-refractivity contribution in [3.8, 4) is 23.3 Å². The molecule has 2 heterocycles. The molecule has 198 valence electrons. The number of carbonyl (C=O) groups is 1. The van der Waals surface area contributed by atoms with Crippen molar-refractivity contribution in [3.05, 3.63) is 53.2 Å². The van der Waals surface area contributed by atoms with Crippen molar-refractivity contribution in [1.82, 2.24) is 15.2 Å². The molecule has 1 saturated carbocycles. The van der Waals surface area contributed by atoms with Crippen LogP contribution in [0.2, 0.25) is 5.02 Å². The van der Waals surface area contributed by atoms with Crippen LogP contribution in [0.4, 0.5) is 10.5 Å². The molecule has 2 aliphatic rings. The molecule has 3 aromatic rings. The summed E-state index contributed by atoms with van der Waals surface area (Å²) in [5.74, 6) is 1.33. The SMILES string of the molecule is N#Cc1cc2c(Oc3ccc(NC(=O)NC4CC4)c(Cl)c3)ccnc2cc1OCC(O)CN1CCCCC1. The summed E-state index contributed by atoms with van der Waals surface area (Å²) < 4.78 is 11.9. The maximum atomic E-state index is 12.0. The summed E-state index contributed by atoms with van der Waals surface area (Å²) in [6.07, 6.45) is 6.48. The zero-order valence-corrected chi connectivity index (χ0v) is 21.7. The molecule has 3 N–H and O–H groups in total. The Morgan fingerprint density at radius 1 is 1.18 bits per heavy atom. The highest BCUT2D eigenvalue weighted by Gasteiger charge is 2.23. The Labute approximate surface area is 226 Å². The topological polar surface area (TPSA) is 120 Å². The lowest BCUT2D eigenvalue weighted by Gasteiger charge is -2.28. The van der Waals surface area contributed by atoms with E-state index in [1.54, 1.807) is 42.6 Å². The number of anilines is 1. The number of ether oxygens (including phenoxy) is 2. The number of rotatable bonds is 9. The lowest BCUT2D eigenvalue weighted by molar-refractivity contribution is 0.0617. The Balaban J connectivity index is 1.28. The lowest BCUT2D eigenvalue weighted by Crippen LogP contribution is -2.38. The van der Waals surface area contributed by atoms with Gasteiger partial charge in [-0.15, -0.1) is 0 Å². The molecule has 0 spiro atoms. The normalized spacial score (nSPS) is 16.4. The third-order valence-corrected chi connectivity index (χ3v) is 6.91. The third-order valence-electron chi connectivity index (χ3n) is 6.60. The van der Waals surface area contributed by atoms with Crippen molar-refractivity contribution >= 4 is 34.2 Å². The summed E-state index contributed by atoms with van der Waals surface area (Å²) in [6.45, 7) is 2.62. The van der Waals surface area contributed by atoms with Crippen molar-refractivity contribution in [3.63, 3.8) is 0 Å². The minimum absolute atomic E-state index is 0.0877. The third kappa shape index (κ3) is 6.64. The molecule has 1 atom stereocenters. The van der Waals surface area contributed by atoms with Gasteiger partial charge in [0.25, 0.3) is 0 Å². The minimum Gasteiger partial charge on any atom is -0.489 e. The molecule has 38 heavy (non-hydrogen) atoms. The number of nitriles is 1. The van der Waals surface area contributed by atoms with Gasteiger partial charge in [0, 0.05) is 36.3 Å². The summed E-state index contributed by atoms with van der Waals surface area (Å²) in [5.41, 5.74) is 1.38. The van der Waals surface area contributed by atoms with E-state index >= 15 is 0 Å². The van der Waals surface area contributed by atoms with E-state index in [1.807, 2.05) is 0 Å². The molecule has 1 aliphatic carbocycles. The van der Waals surface area contributed by atoms with Crippen LogP contribution in [0.5, 0.6) is 17.2 Å². The standard InChI is InChI=1S/C28H30ClN5O4/c29-23-13-21(6-7-24(23)33-28(36)32-19-4-5-19)38-26-8-9-31-25-14-27(18(15-30)12-22(25)26)37-17-20(35)16-34-10-2-1-3-11-34/h6-9,12-14,19-20,35H,1-5,10-11,16-17H2,(H2,32,33,36). The summed E-state index contributed by atoms with van der Waals surface area (Å²) in [5, 5.41) is 26.8. The largest absolute Gasteiger partial charge is 0.489 e. The van der Waals surface area contributed by atoms with E-state index in [9.17, 15) is 15.2 Å². The van der Waals surface area contributed by atoms with Gasteiger partial charge in [-0.05, 0) is 63.0 Å². The van der Waals surface area contributed by atoms with E-state index in [0.717, 1.165) is 38.8 Å². The van der Waals surface area contributed by atoms with Crippen LogP contribution >= 0.6 is 11.6 Å². The fraction of sp³-hybridized carbons (Fsp3) is 0.393. The van der Waals surface area contributed by atoms with Crippen molar-refractivity contribution in [1.29, 1.82) is 5.26 Å². The summed E-state index contributed by atoms with van der Waals surface area (Å²) in [6, 6.07) is 12.2. The molecule has 0 radical (unpaired) electrons. The first-order valence-corrected chi connectivity index (χ1v) is 13.3. The van der Waals surface area contributed by atoms with E-state index in [4.69, 9.17) is 21.1 Å². The van der Waals surface area contributed by atoms with Gasteiger partial charge >= 0.3 is 6.03 Å². The van der Waals surface area contributed by atoms with Crippen molar-refractivity contribution in [2.45, 2.75) is 44.2 Å². The van der Waals surface area contributed by atoms with Crippen LogP contribution < -0.4 is 20.1 Å². The molecule has 0 bridgehead atoms. The zero-order chi connectivity index (χ0) is 26.5. The van der Waals surface area contributed by atoms with Crippen LogP contribution in [0.1, 0.15) is 37.7 Å². The highest BCUT2D eigenvalue weighted by atomic mass is 35.5. The monoisotopic (exact) mass is 535 g/mol. The number of fused-ring (bicyclic) bond motifs is 1. The number of benzene rings is 2. The van der Waals surface area contributed by atoms with Crippen molar-refractivity contribution in [2.75, 3.05) is 31.6 Å². The number of halogens is 1. The second-order valence-corrected chi connectivity index (χ2v) is 10.1. The predicted molar refractivity (Wildman–Crippen MR) is 145 cm³/mol. The number of likely N-dealkylation sites (tertiary alicyclic amines) is 1. The first kappa shape index (κ1) is 26.0. The van der Waals surface area contributed by atoms with E-state index < -0.39 is 6.10 Å². The molecule has 5 rings (SSSR count). The summed E-state index contributed by atoms with van der Waals surface area (Å²) in [7, 11) is 0. The van der Waals surface area contributed by atoms with Crippen molar-refractivity contribution in [2.24, 2.45) is 0 Å². The van der Waals surface area contributed by atoms with E-state index in [0.29, 0.717) is 51.0 Å². The minimum atomic E-state index is -0.653. The van der Waals surface area contributed by atoms with Gasteiger partial charge < -0.3 is 30.1 Å². The van der Waals surface area contributed by atoms with Gasteiger partial charge in [-0.25, -0.2) is 4.79 Å². The van der Waals surface area contributed by atoms with Crippen LogP contribution in [0.15, 0.2) is 42.6 Å². The van der Waals surface area contributed by atoms with Crippen LogP contribution in [-0.4, -0.2) is 59.4 Å². The molecular formula is C28H30ClN5O4. The number of amides is 2. The maximum absolute atomic E-state index is 12.0. The maximum Gasteiger partial charge on any atom is 0.319 e. The number of aliphatic hydroxyl groups is 1. The fourth-order valence-corrected chi connectivity index (χ4v) is 4.70. The van der Waals surface area contributed by atoms with Crippen LogP contribution in [0.25, 0.3) is 10.9 Å². The number of β-amino-alcohol motifs (C(OH)–C–C–N with tert-alkyl or cyclic N) is 1. The smallest absolute Gasteiger partial charge is 0.319 e. The highest BCUT2D eigenvalue weighted by Crippen LogP contribution is 2.35. The van der Waals surface area contributed by atoms with Crippen LogP contribution in [0, 0.1) is 11.3 Å². The lowest BCUT2D eigenvalue weighted by atomic mass is 10.1. The molecule has 2 amide bonds. The van der Waals surface area contributed by atoms with Gasteiger partial charge in [-0.3, -0.25) is 4.98 Å². The fourth-order valence-electron chi connectivity index (χ4n) is 4.48. The Bertz CT molecular complexity index is 1350. The van der Waals surface area contributed by atoms with Gasteiger partial charge in [0.05, 0.1) is 21.8 Å². The molecule has 2 aromatic carbocycles. The Hall–Kier alpha value is -3.58. The summed E-state index contributed by atoms with van der Waals surface area (Å²) >= 11 is 6.38. The molecule has 2 fully saturated rings. The number of aromatic nitrogens is 1. The second-order valence-electron chi connectivity index (χ2n) is 9.73. The molecular weight excluding hydrogens is 506 g/mol. The predicted octanol–water partition coefficient (Wildman–Crippen LogP) is 5.06. The quantitative estimate of drug-likeness (QED) is 0.350. The number of nitrogens with zero attached hydrogens (tertiary/aromatic N) is 3. The number of nitrogens with one attached hydrogen (secondary N) is 2. The van der Waals surface area contributed by atoms with E-state index in [1.165, 1.54) is 6.42 Å². The van der Waals surface area contributed by atoms with Gasteiger partial charge in [0.15, 0.2) is 0 Å². The van der Waals surface area contributed by atoms with Crippen LogP contribution in [0.3, 0.4) is 0 Å². The number of aliphatic hydroxyl groups excluding tert-OH is 1. The number of urea groups is 1. The number of carbonyl (C=O) groups excluding carboxylic acids is 1. The molecule has 1 saturated heterocycles. The highest BCUT2D eigenvalue weighted by molar-refractivity contribution is 6.33. The molecule has 9 nitrogen and oxygen atoms in total. The molecule has 1 unspecified atom stereocenters. The first-order valence-electron chi connectivity index (χ1n) is 12.9. The number of pyridine rings is 1. The Kier molecular flexibility index (Phi) is 8.13. The van der Waals surface area contributed by atoms with E-state index in [-0.39, 0.29) is 18.7 Å². The zero-order valence-electron chi connectivity index (χ0n) is 21.0. The van der Waals surface area contributed by atoms with E-state index in [2.05, 4.69) is 26.6 Å². The summed E-state index contributed by atoms with van der Waals surface area (Å²) in [4.78, 5) is 18.7. The average Bonchev–Trinajstić information content (AvgIpc) is 3.73. The Morgan fingerprint density at radius 3 is 2.74 bits per heavy atom. The molecule has 10 heteroatoms. The number of piperidine rings is 1.